The third-order valence-corrected chi connectivity index (χ3v) is 6.60. The van der Waals surface area contributed by atoms with E-state index in [9.17, 15) is 22.8 Å². The van der Waals surface area contributed by atoms with Crippen molar-refractivity contribution in [1.29, 1.82) is 0 Å². The highest BCUT2D eigenvalue weighted by Gasteiger charge is 2.34. The van der Waals surface area contributed by atoms with Crippen molar-refractivity contribution in [3.63, 3.8) is 0 Å². The first-order chi connectivity index (χ1) is 17.2. The summed E-state index contributed by atoms with van der Waals surface area (Å²) in [6.45, 7) is 1.71. The number of rotatable bonds is 5. The van der Waals surface area contributed by atoms with Crippen LogP contribution in [-0.4, -0.2) is 26.5 Å². The van der Waals surface area contributed by atoms with Crippen molar-refractivity contribution < 1.29 is 23.7 Å². The van der Waals surface area contributed by atoms with Crippen LogP contribution in [0.3, 0.4) is 0 Å². The molecule has 1 aliphatic rings. The van der Waals surface area contributed by atoms with Crippen LogP contribution < -0.4 is 16.6 Å². The summed E-state index contributed by atoms with van der Waals surface area (Å²) in [6.07, 6.45) is 2.16. The predicted octanol–water partition coefficient (Wildman–Crippen LogP) is 3.52. The lowest BCUT2D eigenvalue weighted by molar-refractivity contribution is -0.311. The van der Waals surface area contributed by atoms with E-state index in [4.69, 9.17) is 0 Å². The number of aromatic nitrogens is 3. The Bertz CT molecular complexity index is 1550. The molecule has 5 rings (SSSR count). The van der Waals surface area contributed by atoms with Crippen LogP contribution in [0.15, 0.2) is 53.3 Å². The highest BCUT2D eigenvalue weighted by molar-refractivity contribution is 5.93. The van der Waals surface area contributed by atoms with E-state index in [0.29, 0.717) is 35.0 Å². The first-order valence-electron chi connectivity index (χ1n) is 11.5. The van der Waals surface area contributed by atoms with Gasteiger partial charge in [-0.3, -0.25) is 15.1 Å². The first kappa shape index (κ1) is 23.7. The monoisotopic (exact) mass is 494 g/mol. The zero-order chi connectivity index (χ0) is 25.6. The molecule has 36 heavy (non-hydrogen) atoms. The van der Waals surface area contributed by atoms with E-state index in [1.807, 2.05) is 0 Å². The number of quaternary nitrogens is 1. The van der Waals surface area contributed by atoms with Gasteiger partial charge in [0.2, 0.25) is 5.95 Å². The molecular weight excluding hydrogens is 471 g/mol. The maximum Gasteiger partial charge on any atom is 0.313 e. The number of benzene rings is 2. The Morgan fingerprint density at radius 3 is 2.50 bits per heavy atom. The van der Waals surface area contributed by atoms with Crippen LogP contribution in [0, 0.1) is 30.3 Å². The summed E-state index contributed by atoms with van der Waals surface area (Å²) in [6, 6.07) is 9.86. The highest BCUT2D eigenvalue weighted by Crippen LogP contribution is 2.33. The van der Waals surface area contributed by atoms with Gasteiger partial charge in [-0.1, -0.05) is 12.5 Å². The number of amides is 1. The Morgan fingerprint density at radius 1 is 1.06 bits per heavy atom. The Kier molecular flexibility index (Phi) is 6.05. The molecule has 184 valence electrons. The molecular formula is C26H23F3N5O2+. The maximum atomic E-state index is 14.8. The Balaban J connectivity index is 1.80. The van der Waals surface area contributed by atoms with Crippen LogP contribution in [0.2, 0.25) is 0 Å². The van der Waals surface area contributed by atoms with E-state index in [2.05, 4.69) is 21.0 Å². The van der Waals surface area contributed by atoms with Crippen molar-refractivity contribution >= 4 is 22.9 Å². The summed E-state index contributed by atoms with van der Waals surface area (Å²) in [5.74, 6) is -2.75. The van der Waals surface area contributed by atoms with Gasteiger partial charge < -0.3 is 5.32 Å². The zero-order valence-electron chi connectivity index (χ0n) is 19.4. The van der Waals surface area contributed by atoms with Gasteiger partial charge in [-0.15, -0.1) is 0 Å². The van der Waals surface area contributed by atoms with Crippen LogP contribution in [-0.2, 0) is 4.79 Å². The molecule has 0 saturated heterocycles. The number of hydrogen-bond acceptors (Lipinski definition) is 5. The highest BCUT2D eigenvalue weighted by atomic mass is 19.1. The van der Waals surface area contributed by atoms with E-state index < -0.39 is 28.7 Å². The predicted molar refractivity (Wildman–Crippen MR) is 128 cm³/mol. The molecule has 1 amide bonds. The molecule has 1 aliphatic carbocycles. The molecule has 0 bridgehead atoms. The molecule has 1 fully saturated rings. The van der Waals surface area contributed by atoms with Gasteiger partial charge in [0, 0.05) is 23.1 Å². The third-order valence-electron chi connectivity index (χ3n) is 6.60. The molecule has 2 aromatic carbocycles. The number of hydrogen-bond donors (Lipinski definition) is 2. The average molecular weight is 494 g/mol. The summed E-state index contributed by atoms with van der Waals surface area (Å²) in [4.78, 5) is 34.1. The lowest BCUT2D eigenvalue weighted by atomic mass is 10.0. The van der Waals surface area contributed by atoms with Crippen LogP contribution in [0.4, 0.5) is 19.1 Å². The Labute approximate surface area is 203 Å². The normalized spacial score (nSPS) is 17.5. The summed E-state index contributed by atoms with van der Waals surface area (Å²) in [5, 5.41) is 3.51. The van der Waals surface area contributed by atoms with E-state index in [-0.39, 0.29) is 29.5 Å². The minimum absolute atomic E-state index is 0.0294. The number of carbonyl (C=O) groups excluding carboxylic acids is 1. The summed E-state index contributed by atoms with van der Waals surface area (Å²) < 4.78 is 44.3. The van der Waals surface area contributed by atoms with Crippen molar-refractivity contribution in [2.24, 2.45) is 5.92 Å². The number of carbonyl (C=O) groups is 1. The van der Waals surface area contributed by atoms with E-state index in [0.717, 1.165) is 23.1 Å². The number of nitrogens with one attached hydrogen (secondary N) is 1. The second-order valence-corrected chi connectivity index (χ2v) is 8.92. The summed E-state index contributed by atoms with van der Waals surface area (Å²) in [5.41, 5.74) is 3.74. The molecule has 4 N–H and O–H groups in total. The van der Waals surface area contributed by atoms with Crippen molar-refractivity contribution in [2.45, 2.75) is 32.2 Å². The SMILES string of the molecule is Cc1cc(F)ccc1-c1nc(NC2CCCC2C([NH3+])=O)nc2c1ccc(=O)n2-c1c(F)cccc1F. The fraction of sp³-hybridized carbons (Fsp3) is 0.231. The minimum atomic E-state index is -0.934. The van der Waals surface area contributed by atoms with E-state index in [1.54, 1.807) is 13.0 Å². The van der Waals surface area contributed by atoms with Crippen LogP contribution in [0.1, 0.15) is 24.8 Å². The molecule has 10 heteroatoms. The van der Waals surface area contributed by atoms with E-state index >= 15 is 0 Å². The zero-order valence-corrected chi connectivity index (χ0v) is 19.4. The summed E-state index contributed by atoms with van der Waals surface area (Å²) in [7, 11) is 0. The number of fused-ring (bicyclic) bond motifs is 1. The van der Waals surface area contributed by atoms with Gasteiger partial charge in [-0.05, 0) is 61.7 Å². The van der Waals surface area contributed by atoms with Gasteiger partial charge in [0.15, 0.2) is 5.65 Å². The number of pyridine rings is 1. The molecule has 2 unspecified atom stereocenters. The lowest BCUT2D eigenvalue weighted by Gasteiger charge is -2.19. The fourth-order valence-electron chi connectivity index (χ4n) is 4.88. The van der Waals surface area contributed by atoms with Crippen molar-refractivity contribution in [3.8, 4) is 16.9 Å². The van der Waals surface area contributed by atoms with Crippen LogP contribution >= 0.6 is 0 Å². The van der Waals surface area contributed by atoms with Crippen molar-refractivity contribution in [3.05, 3.63) is 81.9 Å². The smallest absolute Gasteiger partial charge is 0.313 e. The van der Waals surface area contributed by atoms with Crippen LogP contribution in [0.5, 0.6) is 0 Å². The topological polar surface area (TPSA) is 105 Å². The largest absolute Gasteiger partial charge is 0.350 e. The van der Waals surface area contributed by atoms with Gasteiger partial charge in [0.05, 0.1) is 11.6 Å². The first-order valence-corrected chi connectivity index (χ1v) is 11.5. The molecule has 2 heterocycles. The molecule has 0 radical (unpaired) electrons. The second-order valence-electron chi connectivity index (χ2n) is 8.92. The average Bonchev–Trinajstić information content (AvgIpc) is 3.28. The van der Waals surface area contributed by atoms with Gasteiger partial charge in [-0.2, -0.15) is 4.98 Å². The molecule has 2 aromatic heterocycles. The van der Waals surface area contributed by atoms with Crippen molar-refractivity contribution in [1.82, 2.24) is 14.5 Å². The van der Waals surface area contributed by atoms with Crippen molar-refractivity contribution in [2.75, 3.05) is 5.32 Å². The molecule has 2 atom stereocenters. The quantitative estimate of drug-likeness (QED) is 0.442. The number of para-hydroxylation sites is 1. The number of halogens is 3. The second kappa shape index (κ2) is 9.19. The van der Waals surface area contributed by atoms with Gasteiger partial charge in [-0.25, -0.2) is 22.9 Å². The standard InChI is InChI=1S/C26H22F3N5O2/c1-13-12-14(27)8-9-15(13)22-17-10-11-21(35)34(23-18(28)5-3-6-19(23)29)25(17)33-26(32-22)31-20-7-2-4-16(20)24(30)36/h3,5-6,8-12,16,20H,2,4,7H2,1H3,(H2,30,36)(H,31,32,33)/p+1. The fourth-order valence-corrected chi connectivity index (χ4v) is 4.88. The molecule has 0 aliphatic heterocycles. The van der Waals surface area contributed by atoms with Gasteiger partial charge >= 0.3 is 5.91 Å². The number of anilines is 1. The maximum absolute atomic E-state index is 14.8. The molecule has 0 spiro atoms. The van der Waals surface area contributed by atoms with Crippen LogP contribution in [0.25, 0.3) is 28.0 Å². The summed E-state index contributed by atoms with van der Waals surface area (Å²) >= 11 is 0. The minimum Gasteiger partial charge on any atom is -0.350 e. The Hall–Kier alpha value is -4.05. The Morgan fingerprint density at radius 2 is 1.81 bits per heavy atom. The lowest BCUT2D eigenvalue weighted by Crippen LogP contribution is -2.62. The van der Waals surface area contributed by atoms with Gasteiger partial charge in [0.1, 0.15) is 23.1 Å². The van der Waals surface area contributed by atoms with Gasteiger partial charge in [0.25, 0.3) is 5.56 Å². The molecule has 1 saturated carbocycles. The third kappa shape index (κ3) is 4.13. The number of aryl methyl sites for hydroxylation is 1. The molecule has 7 nitrogen and oxygen atoms in total. The van der Waals surface area contributed by atoms with E-state index in [1.165, 1.54) is 30.3 Å². The number of nitrogens with zero attached hydrogens (tertiary/aromatic N) is 3. The molecule has 4 aromatic rings.